The number of phenols is 1. The number of hydrogen-bond donors (Lipinski definition) is 2. The Morgan fingerprint density at radius 2 is 2.11 bits per heavy atom. The number of nitrogens with one attached hydrogen (secondary N) is 1. The van der Waals surface area contributed by atoms with Gasteiger partial charge in [-0.05, 0) is 18.6 Å². The Kier molecular flexibility index (Phi) is 4.44. The van der Waals surface area contributed by atoms with E-state index in [-0.39, 0.29) is 6.04 Å². The van der Waals surface area contributed by atoms with Crippen molar-refractivity contribution in [2.75, 3.05) is 33.3 Å². The van der Waals surface area contributed by atoms with Crippen LogP contribution in [0.4, 0.5) is 0 Å². The zero-order valence-corrected chi connectivity index (χ0v) is 11.1. The summed E-state index contributed by atoms with van der Waals surface area (Å²) >= 11 is 0. The highest BCUT2D eigenvalue weighted by Gasteiger charge is 2.25. The van der Waals surface area contributed by atoms with E-state index in [9.17, 15) is 5.11 Å². The third-order valence-electron chi connectivity index (χ3n) is 3.58. The van der Waals surface area contributed by atoms with Crippen LogP contribution in [0.1, 0.15) is 24.9 Å². The fourth-order valence-electron chi connectivity index (χ4n) is 2.68. The van der Waals surface area contributed by atoms with Gasteiger partial charge in [0.15, 0.2) is 0 Å². The summed E-state index contributed by atoms with van der Waals surface area (Å²) in [5, 5.41) is 13.5. The van der Waals surface area contributed by atoms with Crippen molar-refractivity contribution < 1.29 is 9.84 Å². The van der Waals surface area contributed by atoms with Crippen LogP contribution >= 0.6 is 0 Å². The Labute approximate surface area is 109 Å². The maximum absolute atomic E-state index is 10.1. The smallest absolute Gasteiger partial charge is 0.127 e. The van der Waals surface area contributed by atoms with Gasteiger partial charge in [0.1, 0.15) is 11.5 Å². The molecule has 0 radical (unpaired) electrons. The first-order chi connectivity index (χ1) is 8.77. The summed E-state index contributed by atoms with van der Waals surface area (Å²) in [6, 6.07) is 5.70. The van der Waals surface area contributed by atoms with Crippen LogP contribution < -0.4 is 10.1 Å². The predicted molar refractivity (Wildman–Crippen MR) is 72.1 cm³/mol. The number of rotatable bonds is 4. The second-order valence-electron chi connectivity index (χ2n) is 4.60. The van der Waals surface area contributed by atoms with Gasteiger partial charge in [-0.3, -0.25) is 4.90 Å². The molecule has 0 amide bonds. The summed E-state index contributed by atoms with van der Waals surface area (Å²) in [6.07, 6.45) is 0.966. The molecule has 2 N–H and O–H groups in total. The number of nitrogens with zero attached hydrogens (tertiary/aromatic N) is 1. The minimum Gasteiger partial charge on any atom is -0.507 e. The van der Waals surface area contributed by atoms with E-state index < -0.39 is 0 Å². The number of hydrogen-bond acceptors (Lipinski definition) is 4. The largest absolute Gasteiger partial charge is 0.507 e. The maximum atomic E-state index is 10.1. The highest BCUT2D eigenvalue weighted by Crippen LogP contribution is 2.38. The molecular weight excluding hydrogens is 228 g/mol. The highest BCUT2D eigenvalue weighted by molar-refractivity contribution is 5.46. The lowest BCUT2D eigenvalue weighted by Gasteiger charge is -2.35. The van der Waals surface area contributed by atoms with Crippen molar-refractivity contribution in [3.05, 3.63) is 23.8 Å². The second-order valence-corrected chi connectivity index (χ2v) is 4.60. The lowest BCUT2D eigenvalue weighted by Crippen LogP contribution is -2.45. The van der Waals surface area contributed by atoms with Crippen molar-refractivity contribution in [1.82, 2.24) is 10.2 Å². The molecule has 1 aromatic carbocycles. The van der Waals surface area contributed by atoms with Gasteiger partial charge in [-0.1, -0.05) is 13.0 Å². The van der Waals surface area contributed by atoms with E-state index in [1.54, 1.807) is 13.2 Å². The van der Waals surface area contributed by atoms with Crippen LogP contribution in [0, 0.1) is 0 Å². The zero-order chi connectivity index (χ0) is 13.0. The first kappa shape index (κ1) is 13.2. The van der Waals surface area contributed by atoms with E-state index in [0.717, 1.165) is 43.9 Å². The zero-order valence-electron chi connectivity index (χ0n) is 11.1. The van der Waals surface area contributed by atoms with Crippen molar-refractivity contribution in [1.29, 1.82) is 0 Å². The van der Waals surface area contributed by atoms with Crippen molar-refractivity contribution in [2.45, 2.75) is 19.4 Å². The maximum Gasteiger partial charge on any atom is 0.127 e. The van der Waals surface area contributed by atoms with Crippen LogP contribution in [0.2, 0.25) is 0 Å². The van der Waals surface area contributed by atoms with Gasteiger partial charge < -0.3 is 15.2 Å². The molecule has 0 spiro atoms. The number of piperazine rings is 1. The summed E-state index contributed by atoms with van der Waals surface area (Å²) in [5.41, 5.74) is 0.921. The molecule has 1 aliphatic heterocycles. The lowest BCUT2D eigenvalue weighted by molar-refractivity contribution is 0.164. The molecule has 2 rings (SSSR count). The molecule has 0 aliphatic carbocycles. The molecule has 18 heavy (non-hydrogen) atoms. The van der Waals surface area contributed by atoms with Crippen molar-refractivity contribution in [3.63, 3.8) is 0 Å². The summed E-state index contributed by atoms with van der Waals surface area (Å²) in [5.74, 6) is 1.11. The third-order valence-corrected chi connectivity index (χ3v) is 3.58. The van der Waals surface area contributed by atoms with E-state index in [1.807, 2.05) is 12.1 Å². The van der Waals surface area contributed by atoms with Crippen molar-refractivity contribution in [3.8, 4) is 11.5 Å². The normalized spacial score (nSPS) is 18.6. The quantitative estimate of drug-likeness (QED) is 0.854. The molecule has 1 fully saturated rings. The number of methoxy groups -OCH3 is 1. The molecule has 0 unspecified atom stereocenters. The minimum absolute atomic E-state index is 0.225. The first-order valence-electron chi connectivity index (χ1n) is 6.58. The van der Waals surface area contributed by atoms with E-state index >= 15 is 0 Å². The van der Waals surface area contributed by atoms with Gasteiger partial charge in [0, 0.05) is 32.2 Å². The van der Waals surface area contributed by atoms with Crippen LogP contribution in [0.15, 0.2) is 18.2 Å². The fourth-order valence-corrected chi connectivity index (χ4v) is 2.68. The van der Waals surface area contributed by atoms with E-state index in [1.165, 1.54) is 0 Å². The first-order valence-corrected chi connectivity index (χ1v) is 6.58. The molecule has 1 heterocycles. The Morgan fingerprint density at radius 3 is 2.72 bits per heavy atom. The van der Waals surface area contributed by atoms with Gasteiger partial charge in [0.2, 0.25) is 0 Å². The molecule has 1 aromatic rings. The Balaban J connectivity index is 2.31. The Hall–Kier alpha value is -1.26. The Bertz CT molecular complexity index is 389. The molecule has 4 heteroatoms. The summed E-state index contributed by atoms with van der Waals surface area (Å²) in [4.78, 5) is 2.41. The molecule has 4 nitrogen and oxygen atoms in total. The van der Waals surface area contributed by atoms with Crippen LogP contribution in [0.5, 0.6) is 11.5 Å². The van der Waals surface area contributed by atoms with Gasteiger partial charge in [0.05, 0.1) is 12.7 Å². The average molecular weight is 250 g/mol. The standard InChI is InChI=1S/C14H22N2O2/c1-3-11(16-9-7-15-8-10-16)14-12(17)5-4-6-13(14)18-2/h4-6,11,15,17H,3,7-10H2,1-2H3/t11-/m0/s1. The van der Waals surface area contributed by atoms with Crippen LogP contribution in [-0.2, 0) is 0 Å². The molecule has 0 saturated carbocycles. The number of benzene rings is 1. The second kappa shape index (κ2) is 6.07. The Morgan fingerprint density at radius 1 is 1.39 bits per heavy atom. The van der Waals surface area contributed by atoms with Gasteiger partial charge in [-0.15, -0.1) is 0 Å². The monoisotopic (exact) mass is 250 g/mol. The van der Waals surface area contributed by atoms with Crippen LogP contribution in [0.3, 0.4) is 0 Å². The topological polar surface area (TPSA) is 44.7 Å². The van der Waals surface area contributed by atoms with Gasteiger partial charge in [-0.2, -0.15) is 0 Å². The summed E-state index contributed by atoms with van der Waals surface area (Å²) in [6.45, 7) is 6.18. The molecule has 1 saturated heterocycles. The van der Waals surface area contributed by atoms with E-state index in [4.69, 9.17) is 4.74 Å². The fraction of sp³-hybridized carbons (Fsp3) is 0.571. The van der Waals surface area contributed by atoms with Crippen LogP contribution in [0.25, 0.3) is 0 Å². The lowest BCUT2D eigenvalue weighted by atomic mass is 9.99. The van der Waals surface area contributed by atoms with E-state index in [2.05, 4.69) is 17.1 Å². The summed E-state index contributed by atoms with van der Waals surface area (Å²) < 4.78 is 5.40. The van der Waals surface area contributed by atoms with Crippen LogP contribution in [-0.4, -0.2) is 43.3 Å². The minimum atomic E-state index is 0.225. The number of aromatic hydroxyl groups is 1. The average Bonchev–Trinajstić information content (AvgIpc) is 2.42. The summed E-state index contributed by atoms with van der Waals surface area (Å²) in [7, 11) is 1.66. The molecule has 0 aromatic heterocycles. The van der Waals surface area contributed by atoms with E-state index in [0.29, 0.717) is 5.75 Å². The molecular formula is C14H22N2O2. The SMILES string of the molecule is CC[C@@H](c1c(O)cccc1OC)N1CCNCC1. The van der Waals surface area contributed by atoms with Crippen molar-refractivity contribution >= 4 is 0 Å². The molecule has 1 atom stereocenters. The van der Waals surface area contributed by atoms with Gasteiger partial charge in [-0.25, -0.2) is 0 Å². The van der Waals surface area contributed by atoms with Gasteiger partial charge >= 0.3 is 0 Å². The molecule has 1 aliphatic rings. The predicted octanol–water partition coefficient (Wildman–Crippen LogP) is 1.76. The number of ether oxygens (including phenoxy) is 1. The third kappa shape index (κ3) is 2.60. The molecule has 0 bridgehead atoms. The van der Waals surface area contributed by atoms with Crippen molar-refractivity contribution in [2.24, 2.45) is 0 Å². The van der Waals surface area contributed by atoms with Gasteiger partial charge in [0.25, 0.3) is 0 Å². The molecule has 100 valence electrons. The number of phenolic OH excluding ortho intramolecular Hbond substituents is 1. The highest BCUT2D eigenvalue weighted by atomic mass is 16.5.